The molecule has 0 spiro atoms. The van der Waals surface area contributed by atoms with E-state index in [1.165, 1.54) is 18.5 Å². The first kappa shape index (κ1) is 19.7. The molecular weight excluding hydrogens is 517 g/mol. The van der Waals surface area contributed by atoms with Crippen molar-refractivity contribution in [1.82, 2.24) is 19.7 Å². The van der Waals surface area contributed by atoms with Gasteiger partial charge in [0.15, 0.2) is 5.82 Å². The summed E-state index contributed by atoms with van der Waals surface area (Å²) >= 11 is -0.458. The number of carbonyl (C=O) groups is 1. The molecule has 9 heteroatoms. The minimum absolute atomic E-state index is 0.180. The zero-order valence-corrected chi connectivity index (χ0v) is 19.7. The van der Waals surface area contributed by atoms with Crippen LogP contribution in [0.1, 0.15) is 47.6 Å². The Morgan fingerprint density at radius 2 is 2.03 bits per heavy atom. The predicted molar refractivity (Wildman–Crippen MR) is 130 cm³/mol. The zero-order chi connectivity index (χ0) is 21.7. The lowest BCUT2D eigenvalue weighted by Gasteiger charge is -2.15. The van der Waals surface area contributed by atoms with Gasteiger partial charge in [-0.25, -0.2) is 8.13 Å². The van der Waals surface area contributed by atoms with Crippen LogP contribution in [0.3, 0.4) is 0 Å². The highest BCUT2D eigenvalue weighted by Gasteiger charge is 2.29. The van der Waals surface area contributed by atoms with Gasteiger partial charge in [0.05, 0.1) is 11.4 Å². The number of hydrogen-bond donors (Lipinski definition) is 1. The molecule has 0 saturated heterocycles. The van der Waals surface area contributed by atoms with Crippen LogP contribution in [0.15, 0.2) is 57.8 Å². The molecule has 0 atom stereocenters. The molecule has 3 heterocycles. The van der Waals surface area contributed by atoms with Crippen LogP contribution in [0.4, 0.5) is 11.5 Å². The molecule has 1 aromatic carbocycles. The van der Waals surface area contributed by atoms with Crippen molar-refractivity contribution in [3.63, 3.8) is 0 Å². The molecule has 32 heavy (non-hydrogen) atoms. The van der Waals surface area contributed by atoms with Crippen LogP contribution in [0.5, 0.6) is 0 Å². The van der Waals surface area contributed by atoms with Gasteiger partial charge in [0.2, 0.25) is 0 Å². The quantitative estimate of drug-likeness (QED) is 0.336. The van der Waals surface area contributed by atoms with Gasteiger partial charge in [0, 0.05) is 23.7 Å². The summed E-state index contributed by atoms with van der Waals surface area (Å²) in [5.41, 5.74) is 4.75. The van der Waals surface area contributed by atoms with Crippen LogP contribution in [0, 0.1) is 12.8 Å². The molecule has 8 nitrogen and oxygen atoms in total. The summed E-state index contributed by atoms with van der Waals surface area (Å²) in [6.07, 6.45) is 8.71. The fourth-order valence-electron chi connectivity index (χ4n) is 3.75. The van der Waals surface area contributed by atoms with E-state index >= 15 is 0 Å². The molecule has 0 bridgehead atoms. The fourth-order valence-corrected chi connectivity index (χ4v) is 5.91. The largest absolute Gasteiger partial charge is 0.309 e. The predicted octanol–water partition coefficient (Wildman–Crippen LogP) is 5.38. The third-order valence-electron chi connectivity index (χ3n) is 5.89. The van der Waals surface area contributed by atoms with E-state index in [4.69, 9.17) is 3.15 Å². The molecule has 162 valence electrons. The number of allylic oxidation sites excluding steroid dienone is 1. The number of anilines is 2. The topological polar surface area (TPSA) is 88.3 Å². The average molecular weight is 539 g/mol. The van der Waals surface area contributed by atoms with E-state index in [0.29, 0.717) is 29.0 Å². The van der Waals surface area contributed by atoms with Gasteiger partial charge in [0.1, 0.15) is 39.1 Å². The lowest BCUT2D eigenvalue weighted by atomic mass is 10.1. The molecular formula is C23H22IN7O. The van der Waals surface area contributed by atoms with Gasteiger partial charge in [-0.15, -0.1) is 10.2 Å². The highest BCUT2D eigenvalue weighted by Crippen LogP contribution is 2.44. The lowest BCUT2D eigenvalue weighted by molar-refractivity contribution is 0.102. The second kappa shape index (κ2) is 7.88. The maximum atomic E-state index is 13.0. The second-order valence-corrected chi connectivity index (χ2v) is 10.4. The van der Waals surface area contributed by atoms with Crippen LogP contribution in [-0.4, -0.2) is 25.7 Å². The number of amides is 1. The van der Waals surface area contributed by atoms with Crippen LogP contribution >= 0.6 is 21.3 Å². The number of hydrogen-bond acceptors (Lipinski definition) is 6. The van der Waals surface area contributed by atoms with E-state index in [0.717, 1.165) is 29.9 Å². The molecule has 3 aromatic rings. The summed E-state index contributed by atoms with van der Waals surface area (Å²) < 4.78 is 9.07. The number of nitrogens with zero attached hydrogens (tertiary/aromatic N) is 6. The first-order valence-electron chi connectivity index (χ1n) is 10.8. The summed E-state index contributed by atoms with van der Waals surface area (Å²) in [6.45, 7) is 2.07. The van der Waals surface area contributed by atoms with Gasteiger partial charge < -0.3 is 9.88 Å². The summed E-state index contributed by atoms with van der Waals surface area (Å²) in [5, 5.41) is 11.2. The Balaban J connectivity index is 1.23. The van der Waals surface area contributed by atoms with Crippen molar-refractivity contribution in [2.75, 3.05) is 8.43 Å². The van der Waals surface area contributed by atoms with Crippen molar-refractivity contribution in [2.45, 2.75) is 38.6 Å². The van der Waals surface area contributed by atoms with Crippen molar-refractivity contribution < 1.29 is 4.79 Å². The molecule has 2 aromatic heterocycles. The van der Waals surface area contributed by atoms with Crippen molar-refractivity contribution in [3.05, 3.63) is 65.7 Å². The van der Waals surface area contributed by atoms with Crippen LogP contribution < -0.4 is 8.43 Å². The number of rotatable bonds is 6. The molecule has 2 aliphatic carbocycles. The number of pyridine rings is 1. The normalized spacial score (nSPS) is 17.8. The first-order valence-corrected chi connectivity index (χ1v) is 12.7. The Hall–Kier alpha value is -2.95. The van der Waals surface area contributed by atoms with Gasteiger partial charge in [-0.05, 0) is 62.4 Å². The summed E-state index contributed by atoms with van der Waals surface area (Å²) in [4.78, 5) is 17.6. The van der Waals surface area contributed by atoms with Crippen molar-refractivity contribution in [2.24, 2.45) is 9.06 Å². The molecule has 1 aliphatic heterocycles. The second-order valence-electron chi connectivity index (χ2n) is 8.46. The van der Waals surface area contributed by atoms with E-state index in [2.05, 4.69) is 41.3 Å². The van der Waals surface area contributed by atoms with E-state index < -0.39 is 21.3 Å². The van der Waals surface area contributed by atoms with E-state index in [1.807, 2.05) is 30.3 Å². The highest BCUT2D eigenvalue weighted by atomic mass is 127. The van der Waals surface area contributed by atoms with Crippen LogP contribution in [0.25, 0.3) is 11.5 Å². The highest BCUT2D eigenvalue weighted by molar-refractivity contribution is 14.2. The SMILES string of the molecule is Cc1ccc(C(=O)Nc2cccc(-c3nncn3C3CC3)n2)cc1N1C=C(C2CC2)N=I1. The summed E-state index contributed by atoms with van der Waals surface area (Å²) in [5.74, 6) is 1.71. The van der Waals surface area contributed by atoms with E-state index in [-0.39, 0.29) is 5.91 Å². The maximum absolute atomic E-state index is 13.0. The van der Waals surface area contributed by atoms with Crippen molar-refractivity contribution in [3.8, 4) is 11.5 Å². The third-order valence-corrected chi connectivity index (χ3v) is 7.93. The Labute approximate surface area is 196 Å². The van der Waals surface area contributed by atoms with Crippen LogP contribution in [0.2, 0.25) is 0 Å². The number of benzene rings is 1. The molecule has 2 fully saturated rings. The Kier molecular flexibility index (Phi) is 4.85. The van der Waals surface area contributed by atoms with Crippen molar-refractivity contribution >= 4 is 38.7 Å². The minimum atomic E-state index is -0.458. The van der Waals surface area contributed by atoms with Crippen LogP contribution in [-0.2, 0) is 0 Å². The number of aromatic nitrogens is 4. The molecule has 0 radical (unpaired) electrons. The Morgan fingerprint density at radius 3 is 2.84 bits per heavy atom. The molecule has 3 aliphatic rings. The summed E-state index contributed by atoms with van der Waals surface area (Å²) in [7, 11) is 0. The first-order chi connectivity index (χ1) is 15.7. The maximum Gasteiger partial charge on any atom is 0.256 e. The molecule has 2 saturated carbocycles. The zero-order valence-electron chi connectivity index (χ0n) is 17.6. The van der Waals surface area contributed by atoms with Gasteiger partial charge in [-0.1, -0.05) is 12.1 Å². The van der Waals surface area contributed by atoms with Gasteiger partial charge >= 0.3 is 0 Å². The standard InChI is InChI=1S/C23H22IN7O/c1-14-5-6-16(11-20(14)31-12-19(28-24-31)15-7-8-15)23(32)27-21-4-2-3-18(26-21)22-29-25-13-30(22)17-9-10-17/h2-6,11-13,15,17H,7-10H2,1H3,(H,26,27,32). The molecule has 6 rings (SSSR count). The molecule has 0 unspecified atom stereocenters. The van der Waals surface area contributed by atoms with Crippen molar-refractivity contribution in [1.29, 1.82) is 0 Å². The third kappa shape index (κ3) is 3.85. The molecule has 1 amide bonds. The molecule has 1 N–H and O–H groups in total. The Morgan fingerprint density at radius 1 is 1.16 bits per heavy atom. The minimum Gasteiger partial charge on any atom is -0.309 e. The lowest BCUT2D eigenvalue weighted by Crippen LogP contribution is -2.14. The number of carbonyl (C=O) groups excluding carboxylic acids is 1. The van der Waals surface area contributed by atoms with E-state index in [9.17, 15) is 4.79 Å². The number of aryl methyl sites for hydroxylation is 1. The van der Waals surface area contributed by atoms with Gasteiger partial charge in [-0.2, -0.15) is 0 Å². The van der Waals surface area contributed by atoms with E-state index in [1.54, 1.807) is 12.4 Å². The summed E-state index contributed by atoms with van der Waals surface area (Å²) in [6, 6.07) is 11.8. The van der Waals surface area contributed by atoms with Gasteiger partial charge in [-0.3, -0.25) is 7.91 Å². The number of halogens is 1. The average Bonchev–Trinajstić information content (AvgIpc) is 3.74. The Bertz CT molecular complexity index is 1270. The smallest absolute Gasteiger partial charge is 0.256 e. The van der Waals surface area contributed by atoms with Gasteiger partial charge in [0.25, 0.3) is 5.91 Å². The number of nitrogens with one attached hydrogen (secondary N) is 1. The fraction of sp³-hybridized carbons (Fsp3) is 0.304. The monoisotopic (exact) mass is 539 g/mol.